The molecule has 0 aromatic heterocycles. The first-order valence-electron chi connectivity index (χ1n) is 7.54. The quantitative estimate of drug-likeness (QED) is 0.839. The first kappa shape index (κ1) is 18.8. The van der Waals surface area contributed by atoms with Crippen LogP contribution in [0, 0.1) is 0 Å². The number of ether oxygens (including phenoxy) is 1. The van der Waals surface area contributed by atoms with Gasteiger partial charge in [-0.15, -0.1) is 0 Å². The van der Waals surface area contributed by atoms with Gasteiger partial charge in [-0.3, -0.25) is 4.79 Å². The van der Waals surface area contributed by atoms with E-state index in [0.29, 0.717) is 11.3 Å². The van der Waals surface area contributed by atoms with Crippen LogP contribution in [0.4, 0.5) is 13.2 Å². The molecule has 0 aliphatic carbocycles. The minimum Gasteiger partial charge on any atom is -0.497 e. The summed E-state index contributed by atoms with van der Waals surface area (Å²) in [6.45, 7) is -0.0891. The Hall–Kier alpha value is -2.54. The summed E-state index contributed by atoms with van der Waals surface area (Å²) in [5.41, 5.74) is 0.265. The summed E-state index contributed by atoms with van der Waals surface area (Å²) in [7, 11) is 1.53. The number of carbonyl (C=O) groups excluding carboxylic acids is 1. The van der Waals surface area contributed by atoms with Crippen molar-refractivity contribution in [1.29, 1.82) is 0 Å². The smallest absolute Gasteiger partial charge is 0.416 e. The summed E-state index contributed by atoms with van der Waals surface area (Å²) in [5, 5.41) is 12.6. The third-order valence-electron chi connectivity index (χ3n) is 3.61. The second kappa shape index (κ2) is 8.02. The van der Waals surface area contributed by atoms with Crippen molar-refractivity contribution < 1.29 is 27.8 Å². The molecule has 0 aliphatic heterocycles. The van der Waals surface area contributed by atoms with Crippen molar-refractivity contribution in [2.24, 2.45) is 0 Å². The van der Waals surface area contributed by atoms with E-state index in [1.54, 1.807) is 24.3 Å². The maximum absolute atomic E-state index is 12.5. The average Bonchev–Trinajstić information content (AvgIpc) is 2.59. The fourth-order valence-corrected chi connectivity index (χ4v) is 2.25. The van der Waals surface area contributed by atoms with Gasteiger partial charge < -0.3 is 15.2 Å². The topological polar surface area (TPSA) is 58.6 Å². The Balaban J connectivity index is 1.88. The molecule has 2 aromatic carbocycles. The molecule has 2 rings (SSSR count). The van der Waals surface area contributed by atoms with Gasteiger partial charge in [-0.2, -0.15) is 13.2 Å². The summed E-state index contributed by atoms with van der Waals surface area (Å²) in [4.78, 5) is 11.9. The van der Waals surface area contributed by atoms with E-state index in [-0.39, 0.29) is 18.9 Å². The number of aliphatic hydroxyl groups excluding tert-OH is 1. The Morgan fingerprint density at radius 2 is 1.88 bits per heavy atom. The number of alkyl halides is 3. The largest absolute Gasteiger partial charge is 0.497 e. The van der Waals surface area contributed by atoms with Crippen molar-refractivity contribution in [3.05, 3.63) is 65.2 Å². The number of nitrogens with one attached hydrogen (secondary N) is 1. The lowest BCUT2D eigenvalue weighted by molar-refractivity contribution is -0.137. The molecule has 25 heavy (non-hydrogen) atoms. The molecule has 2 N–H and O–H groups in total. The fourth-order valence-electron chi connectivity index (χ4n) is 2.25. The van der Waals surface area contributed by atoms with Crippen molar-refractivity contribution in [3.63, 3.8) is 0 Å². The van der Waals surface area contributed by atoms with Crippen LogP contribution in [-0.4, -0.2) is 24.7 Å². The molecule has 4 nitrogen and oxygen atoms in total. The van der Waals surface area contributed by atoms with Gasteiger partial charge in [0.05, 0.1) is 25.2 Å². The van der Waals surface area contributed by atoms with Gasteiger partial charge in [0, 0.05) is 6.54 Å². The highest BCUT2D eigenvalue weighted by Gasteiger charge is 2.30. The molecule has 0 heterocycles. The Bertz CT molecular complexity index is 714. The minimum atomic E-state index is -4.42. The highest BCUT2D eigenvalue weighted by molar-refractivity contribution is 5.78. The van der Waals surface area contributed by atoms with E-state index < -0.39 is 17.8 Å². The van der Waals surface area contributed by atoms with Crippen LogP contribution < -0.4 is 10.1 Å². The zero-order valence-corrected chi connectivity index (χ0v) is 13.5. The van der Waals surface area contributed by atoms with Crippen LogP contribution in [0.5, 0.6) is 5.75 Å². The number of amides is 1. The molecule has 7 heteroatoms. The highest BCUT2D eigenvalue weighted by atomic mass is 19.4. The van der Waals surface area contributed by atoms with Gasteiger partial charge in [-0.25, -0.2) is 0 Å². The molecule has 0 radical (unpaired) electrons. The lowest BCUT2D eigenvalue weighted by Crippen LogP contribution is -2.29. The maximum atomic E-state index is 12.5. The summed E-state index contributed by atoms with van der Waals surface area (Å²) in [6.07, 6.45) is -5.40. The van der Waals surface area contributed by atoms with Crippen LogP contribution >= 0.6 is 0 Å². The molecule has 0 fully saturated rings. The lowest BCUT2D eigenvalue weighted by atomic mass is 10.1. The molecular formula is C18H18F3NO3. The van der Waals surface area contributed by atoms with Gasteiger partial charge >= 0.3 is 6.18 Å². The van der Waals surface area contributed by atoms with Gasteiger partial charge in [0.1, 0.15) is 5.75 Å². The molecule has 0 spiro atoms. The number of aliphatic hydroxyl groups is 1. The Labute approximate surface area is 143 Å². The average molecular weight is 353 g/mol. The van der Waals surface area contributed by atoms with Crippen LogP contribution in [0.1, 0.15) is 22.8 Å². The fraction of sp³-hybridized carbons (Fsp3) is 0.278. The summed E-state index contributed by atoms with van der Waals surface area (Å²) >= 11 is 0. The van der Waals surface area contributed by atoms with Crippen molar-refractivity contribution >= 4 is 5.91 Å². The SMILES string of the molecule is COc1cccc(CC(=O)NCC(O)c2ccc(C(F)(F)F)cc2)c1. The number of halogens is 3. The third kappa shape index (κ3) is 5.49. The zero-order valence-electron chi connectivity index (χ0n) is 13.5. The normalized spacial score (nSPS) is 12.5. The van der Waals surface area contributed by atoms with Crippen molar-refractivity contribution in [2.75, 3.05) is 13.7 Å². The number of benzene rings is 2. The van der Waals surface area contributed by atoms with E-state index in [1.807, 2.05) is 0 Å². The summed E-state index contributed by atoms with van der Waals surface area (Å²) in [6, 6.07) is 11.2. The van der Waals surface area contributed by atoms with Gasteiger partial charge in [-0.05, 0) is 35.4 Å². The van der Waals surface area contributed by atoms with Crippen LogP contribution in [0.15, 0.2) is 48.5 Å². The van der Waals surface area contributed by atoms with Gasteiger partial charge in [0.15, 0.2) is 0 Å². The van der Waals surface area contributed by atoms with Crippen LogP contribution in [-0.2, 0) is 17.4 Å². The second-order valence-corrected chi connectivity index (χ2v) is 5.47. The number of rotatable bonds is 6. The molecule has 1 amide bonds. The Morgan fingerprint density at radius 1 is 1.20 bits per heavy atom. The molecule has 1 atom stereocenters. The third-order valence-corrected chi connectivity index (χ3v) is 3.61. The number of hydrogen-bond donors (Lipinski definition) is 2. The van der Waals surface area contributed by atoms with E-state index >= 15 is 0 Å². The molecule has 0 saturated heterocycles. The molecule has 0 saturated carbocycles. The molecular weight excluding hydrogens is 335 g/mol. The van der Waals surface area contributed by atoms with Crippen molar-refractivity contribution in [1.82, 2.24) is 5.32 Å². The zero-order chi connectivity index (χ0) is 18.4. The van der Waals surface area contributed by atoms with Crippen LogP contribution in [0.25, 0.3) is 0 Å². The van der Waals surface area contributed by atoms with E-state index in [1.165, 1.54) is 19.2 Å². The summed E-state index contributed by atoms with van der Waals surface area (Å²) < 4.78 is 42.6. The number of hydrogen-bond acceptors (Lipinski definition) is 3. The van der Waals surface area contributed by atoms with E-state index in [4.69, 9.17) is 4.74 Å². The number of methoxy groups -OCH3 is 1. The van der Waals surface area contributed by atoms with Gasteiger partial charge in [0.2, 0.25) is 5.91 Å². The molecule has 0 aliphatic rings. The maximum Gasteiger partial charge on any atom is 0.416 e. The molecule has 0 bridgehead atoms. The van der Waals surface area contributed by atoms with Crippen molar-refractivity contribution in [2.45, 2.75) is 18.7 Å². The monoisotopic (exact) mass is 353 g/mol. The minimum absolute atomic E-state index is 0.0891. The first-order valence-corrected chi connectivity index (χ1v) is 7.54. The predicted octanol–water partition coefficient (Wildman–Crippen LogP) is 3.11. The number of carbonyl (C=O) groups is 1. The Kier molecular flexibility index (Phi) is 6.03. The lowest BCUT2D eigenvalue weighted by Gasteiger charge is -2.14. The molecule has 2 aromatic rings. The van der Waals surface area contributed by atoms with E-state index in [2.05, 4.69) is 5.32 Å². The van der Waals surface area contributed by atoms with E-state index in [9.17, 15) is 23.1 Å². The van der Waals surface area contributed by atoms with Crippen LogP contribution in [0.2, 0.25) is 0 Å². The molecule has 134 valence electrons. The first-order chi connectivity index (χ1) is 11.8. The van der Waals surface area contributed by atoms with Gasteiger partial charge in [-0.1, -0.05) is 24.3 Å². The molecule has 1 unspecified atom stereocenters. The summed E-state index contributed by atoms with van der Waals surface area (Å²) in [5.74, 6) is 0.328. The van der Waals surface area contributed by atoms with Gasteiger partial charge in [0.25, 0.3) is 0 Å². The Morgan fingerprint density at radius 3 is 2.48 bits per heavy atom. The van der Waals surface area contributed by atoms with Crippen LogP contribution in [0.3, 0.4) is 0 Å². The van der Waals surface area contributed by atoms with Crippen molar-refractivity contribution in [3.8, 4) is 5.75 Å². The predicted molar refractivity (Wildman–Crippen MR) is 86.1 cm³/mol. The standard InChI is InChI=1S/C18H18F3NO3/c1-25-15-4-2-3-12(9-15)10-17(24)22-11-16(23)13-5-7-14(8-6-13)18(19,20)21/h2-9,16,23H,10-11H2,1H3,(H,22,24). The van der Waals surface area contributed by atoms with E-state index in [0.717, 1.165) is 17.7 Å². The second-order valence-electron chi connectivity index (χ2n) is 5.47. The highest BCUT2D eigenvalue weighted by Crippen LogP contribution is 2.29.